The number of likely N-dealkylation sites (tertiary alicyclic amines) is 1. The van der Waals surface area contributed by atoms with Crippen LogP contribution in [0.1, 0.15) is 34.9 Å². The fourth-order valence-corrected chi connectivity index (χ4v) is 4.82. The second-order valence-electron chi connectivity index (χ2n) is 7.43. The van der Waals surface area contributed by atoms with Crippen molar-refractivity contribution in [3.8, 4) is 5.75 Å². The quantitative estimate of drug-likeness (QED) is 0.584. The number of hydrogen-bond acceptors (Lipinski definition) is 4. The summed E-state index contributed by atoms with van der Waals surface area (Å²) in [6, 6.07) is 22.6. The SMILES string of the molecule is O=C(O)C1CCCN(C(c2ccc(OCc3ccccc3)cc2)c2cccs2)C1. The summed E-state index contributed by atoms with van der Waals surface area (Å²) in [4.78, 5) is 15.1. The minimum Gasteiger partial charge on any atom is -0.489 e. The molecule has 3 aromatic rings. The van der Waals surface area contributed by atoms with Gasteiger partial charge in [-0.1, -0.05) is 48.5 Å². The Morgan fingerprint density at radius 2 is 1.90 bits per heavy atom. The molecule has 0 radical (unpaired) electrons. The van der Waals surface area contributed by atoms with Gasteiger partial charge in [-0.15, -0.1) is 11.3 Å². The molecule has 1 aliphatic heterocycles. The molecule has 2 heterocycles. The minimum atomic E-state index is -0.690. The highest BCUT2D eigenvalue weighted by Gasteiger charge is 2.31. The smallest absolute Gasteiger partial charge is 0.307 e. The lowest BCUT2D eigenvalue weighted by Crippen LogP contribution is -2.41. The van der Waals surface area contributed by atoms with Gasteiger partial charge in [0, 0.05) is 11.4 Å². The number of benzene rings is 2. The van der Waals surface area contributed by atoms with E-state index in [1.165, 1.54) is 10.4 Å². The zero-order chi connectivity index (χ0) is 20.1. The van der Waals surface area contributed by atoms with Crippen LogP contribution in [0.2, 0.25) is 0 Å². The van der Waals surface area contributed by atoms with E-state index < -0.39 is 5.97 Å². The average molecular weight is 408 g/mol. The van der Waals surface area contributed by atoms with E-state index >= 15 is 0 Å². The first-order valence-electron chi connectivity index (χ1n) is 9.97. The molecule has 0 amide bonds. The first-order chi connectivity index (χ1) is 14.2. The van der Waals surface area contributed by atoms with Crippen molar-refractivity contribution in [3.63, 3.8) is 0 Å². The van der Waals surface area contributed by atoms with Crippen LogP contribution in [0.15, 0.2) is 72.1 Å². The number of aliphatic carboxylic acids is 1. The van der Waals surface area contributed by atoms with Gasteiger partial charge >= 0.3 is 5.97 Å². The predicted molar refractivity (Wildman–Crippen MR) is 115 cm³/mol. The van der Waals surface area contributed by atoms with Crippen molar-refractivity contribution < 1.29 is 14.6 Å². The average Bonchev–Trinajstić information content (AvgIpc) is 3.29. The molecule has 150 valence electrons. The topological polar surface area (TPSA) is 49.8 Å². The van der Waals surface area contributed by atoms with Gasteiger partial charge in [0.2, 0.25) is 0 Å². The molecule has 1 aromatic heterocycles. The third-order valence-corrected chi connectivity index (χ3v) is 6.35. The second kappa shape index (κ2) is 9.25. The molecular weight excluding hydrogens is 382 g/mol. The van der Waals surface area contributed by atoms with Gasteiger partial charge in [-0.25, -0.2) is 0 Å². The Kier molecular flexibility index (Phi) is 6.27. The van der Waals surface area contributed by atoms with Crippen molar-refractivity contribution in [3.05, 3.63) is 88.1 Å². The molecule has 2 atom stereocenters. The Labute approximate surface area is 175 Å². The van der Waals surface area contributed by atoms with Gasteiger partial charge in [-0.05, 0) is 54.1 Å². The van der Waals surface area contributed by atoms with Crippen molar-refractivity contribution in [2.45, 2.75) is 25.5 Å². The Balaban J connectivity index is 1.51. The molecule has 1 N–H and O–H groups in total. The van der Waals surface area contributed by atoms with Gasteiger partial charge in [-0.2, -0.15) is 0 Å². The molecule has 1 aliphatic rings. The van der Waals surface area contributed by atoms with E-state index in [1.807, 2.05) is 30.3 Å². The number of carboxylic acids is 1. The van der Waals surface area contributed by atoms with Crippen LogP contribution < -0.4 is 4.74 Å². The molecule has 0 aliphatic carbocycles. The number of ether oxygens (including phenoxy) is 1. The van der Waals surface area contributed by atoms with E-state index in [-0.39, 0.29) is 12.0 Å². The van der Waals surface area contributed by atoms with Crippen molar-refractivity contribution in [2.24, 2.45) is 5.92 Å². The molecule has 4 rings (SSSR count). The van der Waals surface area contributed by atoms with Gasteiger partial charge in [0.05, 0.1) is 12.0 Å². The largest absolute Gasteiger partial charge is 0.489 e. The standard InChI is InChI=1S/C24H25NO3S/c26-24(27)20-8-4-14-25(16-20)23(22-9-5-15-29-22)19-10-12-21(13-11-19)28-17-18-6-2-1-3-7-18/h1-3,5-7,9-13,15,20,23H,4,8,14,16-17H2,(H,26,27). The third kappa shape index (κ3) is 4.86. The highest BCUT2D eigenvalue weighted by molar-refractivity contribution is 7.10. The second-order valence-corrected chi connectivity index (χ2v) is 8.41. The third-order valence-electron chi connectivity index (χ3n) is 5.42. The Morgan fingerprint density at radius 1 is 1.10 bits per heavy atom. The van der Waals surface area contributed by atoms with Crippen LogP contribution >= 0.6 is 11.3 Å². The van der Waals surface area contributed by atoms with Gasteiger partial charge < -0.3 is 9.84 Å². The highest BCUT2D eigenvalue weighted by Crippen LogP contribution is 2.35. The summed E-state index contributed by atoms with van der Waals surface area (Å²) >= 11 is 1.72. The summed E-state index contributed by atoms with van der Waals surface area (Å²) in [7, 11) is 0. The van der Waals surface area contributed by atoms with Crippen LogP contribution in [-0.2, 0) is 11.4 Å². The Bertz CT molecular complexity index is 909. The minimum absolute atomic E-state index is 0.0836. The number of carbonyl (C=O) groups is 1. The van der Waals surface area contributed by atoms with Crippen molar-refractivity contribution in [2.75, 3.05) is 13.1 Å². The maximum atomic E-state index is 11.5. The van der Waals surface area contributed by atoms with Gasteiger partial charge in [0.1, 0.15) is 12.4 Å². The van der Waals surface area contributed by atoms with Crippen molar-refractivity contribution in [1.29, 1.82) is 0 Å². The number of rotatable bonds is 7. The molecule has 2 unspecified atom stereocenters. The van der Waals surface area contributed by atoms with E-state index in [0.717, 1.165) is 30.7 Å². The zero-order valence-electron chi connectivity index (χ0n) is 16.2. The normalized spacial score (nSPS) is 18.3. The number of carboxylic acid groups (broad SMARTS) is 1. The first-order valence-corrected chi connectivity index (χ1v) is 10.9. The van der Waals surface area contributed by atoms with Crippen molar-refractivity contribution in [1.82, 2.24) is 4.90 Å². The van der Waals surface area contributed by atoms with Gasteiger partial charge in [-0.3, -0.25) is 9.69 Å². The summed E-state index contributed by atoms with van der Waals surface area (Å²) in [6.07, 6.45) is 1.67. The molecule has 0 bridgehead atoms. The maximum Gasteiger partial charge on any atom is 0.307 e. The monoisotopic (exact) mass is 407 g/mol. The molecule has 1 saturated heterocycles. The summed E-state index contributed by atoms with van der Waals surface area (Å²) in [5.41, 5.74) is 2.31. The molecule has 29 heavy (non-hydrogen) atoms. The molecule has 0 saturated carbocycles. The summed E-state index contributed by atoms with van der Waals surface area (Å²) < 4.78 is 5.92. The predicted octanol–water partition coefficient (Wildman–Crippen LogP) is 5.21. The Hall–Kier alpha value is -2.63. The number of nitrogens with zero attached hydrogens (tertiary/aromatic N) is 1. The summed E-state index contributed by atoms with van der Waals surface area (Å²) in [6.45, 7) is 2.05. The van der Waals surface area contributed by atoms with Crippen LogP contribution in [0.3, 0.4) is 0 Å². The van der Waals surface area contributed by atoms with Gasteiger partial charge in [0.15, 0.2) is 0 Å². The van der Waals surface area contributed by atoms with Crippen LogP contribution in [-0.4, -0.2) is 29.1 Å². The van der Waals surface area contributed by atoms with E-state index in [1.54, 1.807) is 11.3 Å². The van der Waals surface area contributed by atoms with E-state index in [4.69, 9.17) is 4.74 Å². The van der Waals surface area contributed by atoms with Crippen LogP contribution in [0.5, 0.6) is 5.75 Å². The van der Waals surface area contributed by atoms with Crippen LogP contribution in [0.4, 0.5) is 0 Å². The Morgan fingerprint density at radius 3 is 2.59 bits per heavy atom. The molecular formula is C24H25NO3S. The molecule has 2 aromatic carbocycles. The summed E-state index contributed by atoms with van der Waals surface area (Å²) in [5, 5.41) is 11.6. The fraction of sp³-hybridized carbons (Fsp3) is 0.292. The molecule has 5 heteroatoms. The molecule has 0 spiro atoms. The van der Waals surface area contributed by atoms with Crippen LogP contribution in [0, 0.1) is 5.92 Å². The zero-order valence-corrected chi connectivity index (χ0v) is 17.1. The maximum absolute atomic E-state index is 11.5. The van der Waals surface area contributed by atoms with Crippen molar-refractivity contribution >= 4 is 17.3 Å². The van der Waals surface area contributed by atoms with E-state index in [0.29, 0.717) is 13.2 Å². The van der Waals surface area contributed by atoms with E-state index in [9.17, 15) is 9.90 Å². The lowest BCUT2D eigenvalue weighted by molar-refractivity contribution is -0.143. The van der Waals surface area contributed by atoms with E-state index in [2.05, 4.69) is 46.7 Å². The highest BCUT2D eigenvalue weighted by atomic mass is 32.1. The lowest BCUT2D eigenvalue weighted by atomic mass is 9.94. The number of piperidine rings is 1. The number of thiophene rings is 1. The fourth-order valence-electron chi connectivity index (χ4n) is 3.93. The van der Waals surface area contributed by atoms with Gasteiger partial charge in [0.25, 0.3) is 0 Å². The summed E-state index contributed by atoms with van der Waals surface area (Å²) in [5.74, 6) is -0.145. The van der Waals surface area contributed by atoms with Crippen LogP contribution in [0.25, 0.3) is 0 Å². The lowest BCUT2D eigenvalue weighted by Gasteiger charge is -2.37. The number of hydrogen-bond donors (Lipinski definition) is 1. The first kappa shape index (κ1) is 19.7. The molecule has 1 fully saturated rings. The molecule has 4 nitrogen and oxygen atoms in total.